The van der Waals surface area contributed by atoms with Crippen molar-refractivity contribution in [2.75, 3.05) is 19.7 Å². The predicted molar refractivity (Wildman–Crippen MR) is 85.4 cm³/mol. The maximum Gasteiger partial charge on any atom is 0.222 e. The van der Waals surface area contributed by atoms with E-state index < -0.39 is 0 Å². The summed E-state index contributed by atoms with van der Waals surface area (Å²) in [5.74, 6) is 0.961. The van der Waals surface area contributed by atoms with Crippen LogP contribution in [-0.2, 0) is 16.0 Å². The van der Waals surface area contributed by atoms with Gasteiger partial charge in [0.25, 0.3) is 0 Å². The van der Waals surface area contributed by atoms with E-state index in [2.05, 4.69) is 18.8 Å². The highest BCUT2D eigenvalue weighted by atomic mass is 32.1. The number of aryl methyl sites for hydroxylation is 1. The quantitative estimate of drug-likeness (QED) is 0.777. The van der Waals surface area contributed by atoms with Crippen LogP contribution in [0.5, 0.6) is 0 Å². The first-order chi connectivity index (χ1) is 10.1. The summed E-state index contributed by atoms with van der Waals surface area (Å²) in [4.78, 5) is 19.4. The molecule has 21 heavy (non-hydrogen) atoms. The highest BCUT2D eigenvalue weighted by molar-refractivity contribution is 7.09. The second-order valence-corrected chi connectivity index (χ2v) is 7.07. The van der Waals surface area contributed by atoms with Crippen molar-refractivity contribution in [1.82, 2.24) is 9.88 Å². The molecule has 118 valence electrons. The minimum Gasteiger partial charge on any atom is -0.378 e. The summed E-state index contributed by atoms with van der Waals surface area (Å²) in [6, 6.07) is 0. The van der Waals surface area contributed by atoms with E-state index in [0.29, 0.717) is 18.4 Å². The number of thiazole rings is 1. The summed E-state index contributed by atoms with van der Waals surface area (Å²) < 4.78 is 5.90. The average molecular weight is 310 g/mol. The number of likely N-dealkylation sites (tertiary alicyclic amines) is 1. The Bertz CT molecular complexity index is 412. The third-order valence-corrected chi connectivity index (χ3v) is 4.75. The molecule has 0 unspecified atom stereocenters. The monoisotopic (exact) mass is 310 g/mol. The van der Waals surface area contributed by atoms with Gasteiger partial charge >= 0.3 is 0 Å². The van der Waals surface area contributed by atoms with E-state index in [-0.39, 0.29) is 5.91 Å². The van der Waals surface area contributed by atoms with Gasteiger partial charge in [0, 0.05) is 37.2 Å². The molecule has 2 heterocycles. The number of rotatable bonds is 7. The molecule has 2 rings (SSSR count). The van der Waals surface area contributed by atoms with Gasteiger partial charge < -0.3 is 9.64 Å². The van der Waals surface area contributed by atoms with E-state index in [4.69, 9.17) is 4.74 Å². The first-order valence-corrected chi connectivity index (χ1v) is 8.80. The minimum atomic E-state index is 0.268. The van der Waals surface area contributed by atoms with Gasteiger partial charge in [0.1, 0.15) is 0 Å². The molecule has 0 atom stereocenters. The normalized spacial score (nSPS) is 16.6. The summed E-state index contributed by atoms with van der Waals surface area (Å²) in [6.45, 7) is 6.96. The summed E-state index contributed by atoms with van der Waals surface area (Å²) in [5.41, 5.74) is 1.82. The third-order valence-electron chi connectivity index (χ3n) is 3.91. The number of hydrogen-bond donors (Lipinski definition) is 0. The Kier molecular flexibility index (Phi) is 6.64. The lowest BCUT2D eigenvalue weighted by atomic mass is 10.1. The lowest BCUT2D eigenvalue weighted by Gasteiger charge is -2.32. The summed E-state index contributed by atoms with van der Waals surface area (Å²) in [5, 5.41) is 0. The van der Waals surface area contributed by atoms with Crippen LogP contribution in [-0.4, -0.2) is 41.6 Å². The highest BCUT2D eigenvalue weighted by Gasteiger charge is 2.22. The topological polar surface area (TPSA) is 42.4 Å². The van der Waals surface area contributed by atoms with Crippen LogP contribution in [0.15, 0.2) is 11.7 Å². The van der Waals surface area contributed by atoms with Crippen molar-refractivity contribution in [3.8, 4) is 0 Å². The zero-order valence-corrected chi connectivity index (χ0v) is 13.9. The zero-order valence-electron chi connectivity index (χ0n) is 13.1. The van der Waals surface area contributed by atoms with Crippen molar-refractivity contribution < 1.29 is 9.53 Å². The number of aromatic nitrogens is 1. The number of carbonyl (C=O) groups excluding carboxylic acids is 1. The Labute approximate surface area is 131 Å². The fourth-order valence-corrected chi connectivity index (χ4v) is 3.09. The fraction of sp³-hybridized carbons (Fsp3) is 0.750. The first-order valence-electron chi connectivity index (χ1n) is 7.92. The Morgan fingerprint density at radius 3 is 2.86 bits per heavy atom. The molecule has 1 aromatic heterocycles. The Morgan fingerprint density at radius 2 is 2.24 bits per heavy atom. The highest BCUT2D eigenvalue weighted by Crippen LogP contribution is 2.17. The van der Waals surface area contributed by atoms with Crippen LogP contribution in [0.3, 0.4) is 0 Å². The molecule has 5 heteroatoms. The van der Waals surface area contributed by atoms with Gasteiger partial charge in [0.15, 0.2) is 0 Å². The van der Waals surface area contributed by atoms with E-state index >= 15 is 0 Å². The van der Waals surface area contributed by atoms with Crippen molar-refractivity contribution in [2.45, 2.75) is 52.1 Å². The van der Waals surface area contributed by atoms with Gasteiger partial charge in [-0.3, -0.25) is 9.78 Å². The third kappa shape index (κ3) is 5.75. The zero-order chi connectivity index (χ0) is 15.1. The molecule has 1 fully saturated rings. The van der Waals surface area contributed by atoms with Crippen LogP contribution >= 0.6 is 11.3 Å². The molecule has 0 aliphatic carbocycles. The molecule has 1 aromatic rings. The summed E-state index contributed by atoms with van der Waals surface area (Å²) >= 11 is 1.62. The molecule has 4 nitrogen and oxygen atoms in total. The second kappa shape index (κ2) is 8.49. The standard InChI is InChI=1S/C16H26N2O2S/c1-13(2)7-10-20-14-5-8-18(9-6-14)16(19)4-3-15-11-17-12-21-15/h11-14H,3-10H2,1-2H3. The number of piperidine rings is 1. The number of nitrogens with zero attached hydrogens (tertiary/aromatic N) is 2. The Balaban J connectivity index is 1.62. The molecule has 0 spiro atoms. The number of ether oxygens (including phenoxy) is 1. The van der Waals surface area contributed by atoms with E-state index in [1.54, 1.807) is 11.3 Å². The average Bonchev–Trinajstić information content (AvgIpc) is 2.98. The van der Waals surface area contributed by atoms with Crippen LogP contribution in [0.2, 0.25) is 0 Å². The van der Waals surface area contributed by atoms with Gasteiger partial charge in [-0.05, 0) is 31.6 Å². The smallest absolute Gasteiger partial charge is 0.222 e. The first kappa shape index (κ1) is 16.4. The molecule has 0 saturated carbocycles. The molecular formula is C16H26N2O2S. The molecule has 1 saturated heterocycles. The van der Waals surface area contributed by atoms with Gasteiger partial charge in [-0.25, -0.2) is 0 Å². The van der Waals surface area contributed by atoms with Crippen LogP contribution in [0.1, 0.15) is 44.4 Å². The van der Waals surface area contributed by atoms with Crippen LogP contribution < -0.4 is 0 Å². The number of hydrogen-bond acceptors (Lipinski definition) is 4. The predicted octanol–water partition coefficient (Wildman–Crippen LogP) is 3.13. The van der Waals surface area contributed by atoms with Crippen molar-refractivity contribution in [1.29, 1.82) is 0 Å². The molecule has 0 radical (unpaired) electrons. The van der Waals surface area contributed by atoms with Crippen LogP contribution in [0.25, 0.3) is 0 Å². The largest absolute Gasteiger partial charge is 0.378 e. The minimum absolute atomic E-state index is 0.268. The lowest BCUT2D eigenvalue weighted by Crippen LogP contribution is -2.41. The molecule has 0 aromatic carbocycles. The molecule has 0 bridgehead atoms. The van der Waals surface area contributed by atoms with Gasteiger partial charge in [-0.1, -0.05) is 13.8 Å². The number of carbonyl (C=O) groups is 1. The fourth-order valence-electron chi connectivity index (χ4n) is 2.50. The summed E-state index contributed by atoms with van der Waals surface area (Å²) in [7, 11) is 0. The van der Waals surface area contributed by atoms with Crippen LogP contribution in [0.4, 0.5) is 0 Å². The molecule has 1 aliphatic rings. The SMILES string of the molecule is CC(C)CCOC1CCN(C(=O)CCc2cncs2)CC1. The van der Waals surface area contributed by atoms with Gasteiger partial charge in [-0.15, -0.1) is 11.3 Å². The Hall–Kier alpha value is -0.940. The van der Waals surface area contributed by atoms with Gasteiger partial charge in [-0.2, -0.15) is 0 Å². The van der Waals surface area contributed by atoms with Crippen molar-refractivity contribution in [3.63, 3.8) is 0 Å². The van der Waals surface area contributed by atoms with E-state index in [1.807, 2.05) is 16.6 Å². The van der Waals surface area contributed by atoms with Crippen molar-refractivity contribution in [3.05, 3.63) is 16.6 Å². The van der Waals surface area contributed by atoms with Crippen molar-refractivity contribution in [2.24, 2.45) is 5.92 Å². The van der Waals surface area contributed by atoms with E-state index in [1.165, 1.54) is 4.88 Å². The molecule has 1 amide bonds. The van der Waals surface area contributed by atoms with Crippen LogP contribution in [0, 0.1) is 5.92 Å². The van der Waals surface area contributed by atoms with Gasteiger partial charge in [0.2, 0.25) is 5.91 Å². The van der Waals surface area contributed by atoms with Crippen molar-refractivity contribution >= 4 is 17.2 Å². The Morgan fingerprint density at radius 1 is 1.48 bits per heavy atom. The summed E-state index contributed by atoms with van der Waals surface area (Å²) in [6.07, 6.45) is 6.68. The van der Waals surface area contributed by atoms with Gasteiger partial charge in [0.05, 0.1) is 11.6 Å². The van der Waals surface area contributed by atoms with E-state index in [0.717, 1.165) is 45.4 Å². The lowest BCUT2D eigenvalue weighted by molar-refractivity contribution is -0.133. The second-order valence-electron chi connectivity index (χ2n) is 6.10. The molecular weight excluding hydrogens is 284 g/mol. The van der Waals surface area contributed by atoms with E-state index in [9.17, 15) is 4.79 Å². The molecule has 0 N–H and O–H groups in total. The number of amides is 1. The maximum absolute atomic E-state index is 12.2. The molecule has 1 aliphatic heterocycles. The maximum atomic E-state index is 12.2.